The summed E-state index contributed by atoms with van der Waals surface area (Å²) < 4.78 is 0. The number of hydrogen-bond donors (Lipinski definition) is 0. The molecule has 0 bridgehead atoms. The molecule has 1 aliphatic rings. The Labute approximate surface area is 346 Å². The van der Waals surface area contributed by atoms with Gasteiger partial charge in [-0.1, -0.05) is 133 Å². The standard InChI is InChI=1S/C25H29.C21H23.2CH3.2ClH.Si.Zr/c1-17(2)19-11-13-21(14-12-19)24-6-4-5-22-15-23(16-25(22)24)20-9-7-18(3)8-10-20;1-5-15-13-17-7-6-8-19(20(17)14-15)16-9-11-18(12-10-16)21(2,3)4;;;;;;/h4-6,11-18,20H,7-10H2,1-3H3;6-14H,5H2,1-4H3;2*1H3;2*1H;;/q4*-1;;;;. The molecule has 7 rings (SSSR count). The molecule has 4 heteroatoms. The molecule has 0 N–H and O–H groups in total. The summed E-state index contributed by atoms with van der Waals surface area (Å²) in [5.74, 6) is 2.26. The average Bonchev–Trinajstić information content (AvgIpc) is 3.74. The van der Waals surface area contributed by atoms with Gasteiger partial charge in [-0.3, -0.25) is 0 Å². The first kappa shape index (κ1) is 47.8. The summed E-state index contributed by atoms with van der Waals surface area (Å²) in [6.45, 7) is 19.0. The Morgan fingerprint density at radius 3 is 1.65 bits per heavy atom. The van der Waals surface area contributed by atoms with Gasteiger partial charge in [-0.15, -0.1) is 93.9 Å². The molecule has 1 fully saturated rings. The van der Waals surface area contributed by atoms with E-state index in [0.717, 1.165) is 18.3 Å². The van der Waals surface area contributed by atoms with Crippen molar-refractivity contribution in [1.29, 1.82) is 0 Å². The van der Waals surface area contributed by atoms with Crippen LogP contribution < -0.4 is 0 Å². The van der Waals surface area contributed by atoms with Gasteiger partial charge in [0, 0.05) is 0 Å². The second kappa shape index (κ2) is 21.6. The van der Waals surface area contributed by atoms with E-state index in [9.17, 15) is 0 Å². The van der Waals surface area contributed by atoms with Gasteiger partial charge in [0.1, 0.15) is 0 Å². The molecule has 6 aromatic carbocycles. The van der Waals surface area contributed by atoms with E-state index < -0.39 is 0 Å². The fraction of sp³-hybridized carbons (Fsp3) is 0.333. The second-order valence-corrected chi connectivity index (χ2v) is 15.2. The number of rotatable bonds is 5. The van der Waals surface area contributed by atoms with E-state index in [1.165, 1.54) is 110 Å². The van der Waals surface area contributed by atoms with Crippen molar-refractivity contribution in [3.8, 4) is 22.3 Å². The van der Waals surface area contributed by atoms with Crippen molar-refractivity contribution in [2.75, 3.05) is 0 Å². The molecule has 1 saturated carbocycles. The first-order valence-electron chi connectivity index (χ1n) is 17.9. The van der Waals surface area contributed by atoms with Crippen LogP contribution >= 0.6 is 24.8 Å². The Bertz CT molecular complexity index is 1910. The van der Waals surface area contributed by atoms with Crippen LogP contribution in [0.2, 0.25) is 0 Å². The van der Waals surface area contributed by atoms with Gasteiger partial charge in [-0.2, -0.15) is 12.1 Å². The quantitative estimate of drug-likeness (QED) is 0.120. The summed E-state index contributed by atoms with van der Waals surface area (Å²) in [5.41, 5.74) is 11.4. The molecule has 0 aliphatic heterocycles. The molecule has 1 aliphatic carbocycles. The summed E-state index contributed by atoms with van der Waals surface area (Å²) in [4.78, 5) is 0. The van der Waals surface area contributed by atoms with Crippen LogP contribution in [0, 0.1) is 20.8 Å². The first-order valence-corrected chi connectivity index (χ1v) is 22.1. The molecule has 0 amide bonds. The van der Waals surface area contributed by atoms with E-state index in [1.54, 1.807) is 5.56 Å². The Morgan fingerprint density at radius 2 is 1.17 bits per heavy atom. The average molecular weight is 827 g/mol. The number of halogens is 2. The molecule has 0 heterocycles. The summed E-state index contributed by atoms with van der Waals surface area (Å²) in [7, 11) is 0. The van der Waals surface area contributed by atoms with Crippen molar-refractivity contribution >= 4 is 53.2 Å². The normalized spacial score (nSPS) is 15.1. The maximum absolute atomic E-state index is 3.06. The third-order valence-electron chi connectivity index (χ3n) is 10.4. The first-order chi connectivity index (χ1) is 23.1. The minimum atomic E-state index is 0. The molecule has 0 nitrogen and oxygen atoms in total. The molecular weight excluding hydrogens is 767 g/mol. The van der Waals surface area contributed by atoms with Gasteiger partial charge in [0.15, 0.2) is 0 Å². The molecule has 2 radical (unpaired) electrons. The number of fused-ring (bicyclic) bond motifs is 2. The van der Waals surface area contributed by atoms with Crippen molar-refractivity contribution in [3.05, 3.63) is 146 Å². The second-order valence-electron chi connectivity index (χ2n) is 15.2. The molecule has 0 aromatic heterocycles. The van der Waals surface area contributed by atoms with Crippen molar-refractivity contribution < 1.29 is 23.3 Å². The summed E-state index contributed by atoms with van der Waals surface area (Å²) >= 11 is 1.36. The summed E-state index contributed by atoms with van der Waals surface area (Å²) in [5, 5.41) is 5.55. The van der Waals surface area contributed by atoms with Gasteiger partial charge >= 0.3 is 30.2 Å². The van der Waals surface area contributed by atoms with Crippen molar-refractivity contribution in [3.63, 3.8) is 0 Å². The third kappa shape index (κ3) is 11.4. The predicted octanol–water partition coefficient (Wildman–Crippen LogP) is 15.1. The minimum absolute atomic E-state index is 0. The van der Waals surface area contributed by atoms with Gasteiger partial charge in [-0.25, -0.2) is 0 Å². The predicted molar refractivity (Wildman–Crippen MR) is 236 cm³/mol. The fourth-order valence-electron chi connectivity index (χ4n) is 7.29. The number of hydrogen-bond acceptors (Lipinski definition) is 0. The van der Waals surface area contributed by atoms with Gasteiger partial charge in [0.25, 0.3) is 0 Å². The Balaban J connectivity index is 0.000000468. The fourth-order valence-corrected chi connectivity index (χ4v) is 7.29. The van der Waals surface area contributed by atoms with Crippen LogP contribution in [0.3, 0.4) is 0 Å². The van der Waals surface area contributed by atoms with Gasteiger partial charge < -0.3 is 14.9 Å². The zero-order valence-corrected chi connectivity index (χ0v) is 38.1. The van der Waals surface area contributed by atoms with Crippen LogP contribution in [0.5, 0.6) is 0 Å². The molecule has 0 atom stereocenters. The Kier molecular flexibility index (Phi) is 19.9. The SMILES string of the molecule is CC1CCC(c2cc3c(-c4ccc(C(C)C)cc4)cccc3[cH-]2)CC1.CCc1cc2c(-c3ccc(C(C)(C)C)cc3)cccc2[cH-]1.Cl.Cl.[CH3-].[CH3-].[Si]=[Zr]. The van der Waals surface area contributed by atoms with Crippen molar-refractivity contribution in [2.45, 2.75) is 97.8 Å². The zero-order chi connectivity index (χ0) is 34.4. The van der Waals surface area contributed by atoms with Crippen LogP contribution in [-0.4, -0.2) is 6.88 Å². The van der Waals surface area contributed by atoms with E-state index in [1.807, 2.05) is 0 Å². The third-order valence-corrected chi connectivity index (χ3v) is 10.4. The zero-order valence-electron chi connectivity index (χ0n) is 33.0. The number of aryl methyl sites for hydroxylation is 1. The van der Waals surface area contributed by atoms with Crippen molar-refractivity contribution in [1.82, 2.24) is 0 Å². The maximum atomic E-state index is 3.06. The van der Waals surface area contributed by atoms with Crippen molar-refractivity contribution in [2.24, 2.45) is 5.92 Å². The van der Waals surface area contributed by atoms with Gasteiger partial charge in [0.05, 0.1) is 0 Å². The van der Waals surface area contributed by atoms with Crippen LogP contribution in [0.15, 0.2) is 109 Å². The molecule has 278 valence electrons. The van der Waals surface area contributed by atoms with E-state index in [-0.39, 0.29) is 45.1 Å². The van der Waals surface area contributed by atoms with Crippen LogP contribution in [0.1, 0.15) is 108 Å². The molecule has 6 aromatic rings. The molecular formula is C48H60Cl2SiZr-4. The Hall–Kier alpha value is -2.22. The van der Waals surface area contributed by atoms with Crippen LogP contribution in [0.25, 0.3) is 43.8 Å². The Morgan fingerprint density at radius 1 is 0.692 bits per heavy atom. The molecule has 0 saturated heterocycles. The summed E-state index contributed by atoms with van der Waals surface area (Å²) in [6.07, 6.45) is 6.58. The van der Waals surface area contributed by atoms with Gasteiger partial charge in [0.2, 0.25) is 0 Å². The van der Waals surface area contributed by atoms with E-state index in [2.05, 4.69) is 165 Å². The molecule has 0 unspecified atom stereocenters. The topological polar surface area (TPSA) is 0 Å². The van der Waals surface area contributed by atoms with E-state index in [0.29, 0.717) is 5.92 Å². The monoisotopic (exact) mass is 824 g/mol. The van der Waals surface area contributed by atoms with Crippen LogP contribution in [-0.2, 0) is 35.2 Å². The number of benzene rings is 4. The van der Waals surface area contributed by atoms with Crippen LogP contribution in [0.4, 0.5) is 0 Å². The molecule has 0 spiro atoms. The molecule has 52 heavy (non-hydrogen) atoms. The summed E-state index contributed by atoms with van der Waals surface area (Å²) in [6, 6.07) is 41.1. The van der Waals surface area contributed by atoms with E-state index in [4.69, 9.17) is 0 Å². The van der Waals surface area contributed by atoms with Gasteiger partial charge in [-0.05, 0) is 64.7 Å². The van der Waals surface area contributed by atoms with E-state index >= 15 is 0 Å².